The molecule has 0 amide bonds. The lowest BCUT2D eigenvalue weighted by atomic mass is 10.1. The van der Waals surface area contributed by atoms with Crippen LogP contribution in [0.1, 0.15) is 17.4 Å². The van der Waals surface area contributed by atoms with Crippen LogP contribution in [0.15, 0.2) is 41.5 Å². The molecule has 0 aliphatic carbocycles. The van der Waals surface area contributed by atoms with Crippen LogP contribution >= 0.6 is 15.9 Å². The maximum absolute atomic E-state index is 9.93. The standard InChI is InChI=1S/C11H10BrN3O/c12-9-3-8(5-14-6-9)4-11(16)10-1-2-13-7-15-10/h1-3,5-7,11,16H,4H2. The Morgan fingerprint density at radius 3 is 2.88 bits per heavy atom. The molecule has 82 valence electrons. The summed E-state index contributed by atoms with van der Waals surface area (Å²) >= 11 is 3.34. The van der Waals surface area contributed by atoms with Gasteiger partial charge >= 0.3 is 0 Å². The van der Waals surface area contributed by atoms with Crippen LogP contribution in [0, 0.1) is 0 Å². The van der Waals surface area contributed by atoms with Gasteiger partial charge in [0.15, 0.2) is 0 Å². The average Bonchev–Trinajstić information content (AvgIpc) is 2.30. The smallest absolute Gasteiger partial charge is 0.115 e. The summed E-state index contributed by atoms with van der Waals surface area (Å²) in [5, 5.41) is 9.93. The van der Waals surface area contributed by atoms with Crippen molar-refractivity contribution in [2.75, 3.05) is 0 Å². The van der Waals surface area contributed by atoms with E-state index in [1.54, 1.807) is 24.7 Å². The maximum Gasteiger partial charge on any atom is 0.115 e. The normalized spacial score (nSPS) is 12.4. The van der Waals surface area contributed by atoms with Gasteiger partial charge in [-0.05, 0) is 33.6 Å². The lowest BCUT2D eigenvalue weighted by Crippen LogP contribution is -2.04. The van der Waals surface area contributed by atoms with Crippen molar-refractivity contribution in [2.45, 2.75) is 12.5 Å². The molecule has 1 atom stereocenters. The third-order valence-corrected chi connectivity index (χ3v) is 2.57. The van der Waals surface area contributed by atoms with Crippen molar-refractivity contribution in [3.8, 4) is 0 Å². The molecule has 0 bridgehead atoms. The summed E-state index contributed by atoms with van der Waals surface area (Å²) in [6.45, 7) is 0. The molecule has 5 heteroatoms. The quantitative estimate of drug-likeness (QED) is 0.933. The second kappa shape index (κ2) is 5.14. The molecule has 0 radical (unpaired) electrons. The third-order valence-electron chi connectivity index (χ3n) is 2.14. The second-order valence-electron chi connectivity index (χ2n) is 3.37. The summed E-state index contributed by atoms with van der Waals surface area (Å²) in [5.41, 5.74) is 1.58. The van der Waals surface area contributed by atoms with Crippen LogP contribution in [-0.2, 0) is 6.42 Å². The molecule has 0 saturated heterocycles. The van der Waals surface area contributed by atoms with Crippen LogP contribution < -0.4 is 0 Å². The highest BCUT2D eigenvalue weighted by atomic mass is 79.9. The minimum Gasteiger partial charge on any atom is -0.386 e. The van der Waals surface area contributed by atoms with Crippen molar-refractivity contribution < 1.29 is 5.11 Å². The monoisotopic (exact) mass is 279 g/mol. The Hall–Kier alpha value is -1.33. The van der Waals surface area contributed by atoms with Crippen molar-refractivity contribution >= 4 is 15.9 Å². The van der Waals surface area contributed by atoms with E-state index in [1.807, 2.05) is 6.07 Å². The predicted octanol–water partition coefficient (Wildman–Crippen LogP) is 1.91. The number of nitrogens with zero attached hydrogens (tertiary/aromatic N) is 3. The highest BCUT2D eigenvalue weighted by Crippen LogP contribution is 2.17. The van der Waals surface area contributed by atoms with E-state index < -0.39 is 6.10 Å². The van der Waals surface area contributed by atoms with Gasteiger partial charge < -0.3 is 5.11 Å². The molecule has 2 rings (SSSR count). The zero-order valence-electron chi connectivity index (χ0n) is 8.42. The Bertz CT molecular complexity index is 464. The van der Waals surface area contributed by atoms with Crippen LogP contribution in [0.25, 0.3) is 0 Å². The maximum atomic E-state index is 9.93. The molecule has 2 aromatic rings. The number of pyridine rings is 1. The third kappa shape index (κ3) is 2.84. The molecule has 16 heavy (non-hydrogen) atoms. The summed E-state index contributed by atoms with van der Waals surface area (Å²) < 4.78 is 0.903. The molecular formula is C11H10BrN3O. The van der Waals surface area contributed by atoms with E-state index in [4.69, 9.17) is 0 Å². The summed E-state index contributed by atoms with van der Waals surface area (Å²) in [5.74, 6) is 0. The Labute approximate surface area is 102 Å². The summed E-state index contributed by atoms with van der Waals surface area (Å²) in [6.07, 6.45) is 6.35. The lowest BCUT2D eigenvalue weighted by molar-refractivity contribution is 0.173. The molecule has 2 heterocycles. The van der Waals surface area contributed by atoms with Crippen molar-refractivity contribution in [1.29, 1.82) is 0 Å². The van der Waals surface area contributed by atoms with Gasteiger partial charge in [-0.3, -0.25) is 4.98 Å². The molecule has 0 aromatic carbocycles. The Balaban J connectivity index is 2.11. The number of hydrogen-bond donors (Lipinski definition) is 1. The molecule has 0 aliphatic rings. The SMILES string of the molecule is OC(Cc1cncc(Br)c1)c1ccncn1. The van der Waals surface area contributed by atoms with Gasteiger partial charge in [-0.25, -0.2) is 9.97 Å². The van der Waals surface area contributed by atoms with E-state index in [-0.39, 0.29) is 0 Å². The number of rotatable bonds is 3. The number of hydrogen-bond acceptors (Lipinski definition) is 4. The van der Waals surface area contributed by atoms with E-state index in [9.17, 15) is 5.11 Å². The fourth-order valence-electron chi connectivity index (χ4n) is 1.39. The van der Waals surface area contributed by atoms with Gasteiger partial charge in [0.2, 0.25) is 0 Å². The summed E-state index contributed by atoms with van der Waals surface area (Å²) in [7, 11) is 0. The van der Waals surface area contributed by atoms with E-state index in [0.717, 1.165) is 10.0 Å². The first-order chi connectivity index (χ1) is 7.75. The summed E-state index contributed by atoms with van der Waals surface area (Å²) in [6, 6.07) is 3.63. The number of aliphatic hydroxyl groups excluding tert-OH is 1. The topological polar surface area (TPSA) is 58.9 Å². The van der Waals surface area contributed by atoms with Crippen LogP contribution in [0.4, 0.5) is 0 Å². The van der Waals surface area contributed by atoms with E-state index in [1.165, 1.54) is 6.33 Å². The highest BCUT2D eigenvalue weighted by Gasteiger charge is 2.09. The van der Waals surface area contributed by atoms with E-state index >= 15 is 0 Å². The second-order valence-corrected chi connectivity index (χ2v) is 4.28. The van der Waals surface area contributed by atoms with Gasteiger partial charge in [-0.1, -0.05) is 0 Å². The van der Waals surface area contributed by atoms with Crippen molar-refractivity contribution in [3.63, 3.8) is 0 Å². The first kappa shape index (κ1) is 11.2. The van der Waals surface area contributed by atoms with Gasteiger partial charge in [0.05, 0.1) is 5.69 Å². The Morgan fingerprint density at radius 2 is 2.19 bits per heavy atom. The molecular weight excluding hydrogens is 270 g/mol. The first-order valence-electron chi connectivity index (χ1n) is 4.79. The van der Waals surface area contributed by atoms with E-state index in [0.29, 0.717) is 12.1 Å². The zero-order chi connectivity index (χ0) is 11.4. The fourth-order valence-corrected chi connectivity index (χ4v) is 1.81. The summed E-state index contributed by atoms with van der Waals surface area (Å²) in [4.78, 5) is 11.9. The van der Waals surface area contributed by atoms with Gasteiger partial charge in [-0.2, -0.15) is 0 Å². The van der Waals surface area contributed by atoms with Gasteiger partial charge in [-0.15, -0.1) is 0 Å². The van der Waals surface area contributed by atoms with Crippen LogP contribution in [0.5, 0.6) is 0 Å². The predicted molar refractivity (Wildman–Crippen MR) is 62.6 cm³/mol. The minimum atomic E-state index is -0.626. The molecule has 1 unspecified atom stereocenters. The first-order valence-corrected chi connectivity index (χ1v) is 5.58. The average molecular weight is 280 g/mol. The largest absolute Gasteiger partial charge is 0.386 e. The Morgan fingerprint density at radius 1 is 1.31 bits per heavy atom. The van der Waals surface area contributed by atoms with Gasteiger partial charge in [0, 0.05) is 29.5 Å². The highest BCUT2D eigenvalue weighted by molar-refractivity contribution is 9.10. The molecule has 0 saturated carbocycles. The fraction of sp³-hybridized carbons (Fsp3) is 0.182. The molecule has 0 aliphatic heterocycles. The lowest BCUT2D eigenvalue weighted by Gasteiger charge is -2.09. The molecule has 1 N–H and O–H groups in total. The minimum absolute atomic E-state index is 0.490. The van der Waals surface area contributed by atoms with Gasteiger partial charge in [0.25, 0.3) is 0 Å². The van der Waals surface area contributed by atoms with Gasteiger partial charge in [0.1, 0.15) is 12.4 Å². The number of aromatic nitrogens is 3. The van der Waals surface area contributed by atoms with Crippen molar-refractivity contribution in [3.05, 3.63) is 52.8 Å². The van der Waals surface area contributed by atoms with Crippen LogP contribution in [0.2, 0.25) is 0 Å². The van der Waals surface area contributed by atoms with Crippen molar-refractivity contribution in [1.82, 2.24) is 15.0 Å². The Kier molecular flexibility index (Phi) is 3.58. The van der Waals surface area contributed by atoms with Crippen LogP contribution in [-0.4, -0.2) is 20.1 Å². The molecule has 4 nitrogen and oxygen atoms in total. The number of aliphatic hydroxyl groups is 1. The van der Waals surface area contributed by atoms with E-state index in [2.05, 4.69) is 30.9 Å². The number of halogens is 1. The van der Waals surface area contributed by atoms with Crippen molar-refractivity contribution in [2.24, 2.45) is 0 Å². The zero-order valence-corrected chi connectivity index (χ0v) is 10.0. The molecule has 0 fully saturated rings. The molecule has 2 aromatic heterocycles. The van der Waals surface area contributed by atoms with Crippen LogP contribution in [0.3, 0.4) is 0 Å². The molecule has 0 spiro atoms.